The second kappa shape index (κ2) is 5.39. The van der Waals surface area contributed by atoms with Crippen LogP contribution in [0, 0.1) is 5.82 Å². The van der Waals surface area contributed by atoms with Crippen LogP contribution in [0.4, 0.5) is 4.39 Å². The van der Waals surface area contributed by atoms with Crippen molar-refractivity contribution >= 4 is 6.08 Å². The van der Waals surface area contributed by atoms with E-state index in [-0.39, 0.29) is 5.82 Å². The number of allylic oxidation sites excluding steroid dienone is 1. The summed E-state index contributed by atoms with van der Waals surface area (Å²) in [5, 5.41) is 0. The van der Waals surface area contributed by atoms with Crippen LogP contribution in [0.25, 0.3) is 6.08 Å². The highest BCUT2D eigenvalue weighted by atomic mass is 19.1. The van der Waals surface area contributed by atoms with Crippen molar-refractivity contribution in [2.24, 2.45) is 0 Å². The number of rotatable bonds is 3. The fraction of sp³-hybridized carbons (Fsp3) is 0.133. The third-order valence-corrected chi connectivity index (χ3v) is 2.49. The van der Waals surface area contributed by atoms with Gasteiger partial charge in [0.25, 0.3) is 0 Å². The quantitative estimate of drug-likeness (QED) is 0.776. The van der Waals surface area contributed by atoms with Crippen molar-refractivity contribution in [3.05, 3.63) is 71.3 Å². The van der Waals surface area contributed by atoms with Crippen molar-refractivity contribution < 1.29 is 4.39 Å². The van der Waals surface area contributed by atoms with Gasteiger partial charge in [-0.05, 0) is 30.7 Å². The molecule has 1 heterocycles. The summed E-state index contributed by atoms with van der Waals surface area (Å²) in [6.07, 6.45) is 4.29. The molecule has 0 fully saturated rings. The van der Waals surface area contributed by atoms with Gasteiger partial charge in [-0.2, -0.15) is 0 Å². The largest absolute Gasteiger partial charge is 0.250 e. The maximum Gasteiger partial charge on any atom is 0.145 e. The molecule has 86 valence electrons. The minimum absolute atomic E-state index is 0.248. The maximum atomic E-state index is 13.6. The first-order chi connectivity index (χ1) is 8.29. The summed E-state index contributed by atoms with van der Waals surface area (Å²) in [6, 6.07) is 13.0. The van der Waals surface area contributed by atoms with Crippen LogP contribution in [0.15, 0.2) is 48.5 Å². The molecule has 0 amide bonds. The van der Waals surface area contributed by atoms with Gasteiger partial charge < -0.3 is 0 Å². The third kappa shape index (κ3) is 3.00. The van der Waals surface area contributed by atoms with Crippen LogP contribution in [-0.2, 0) is 6.42 Å². The lowest BCUT2D eigenvalue weighted by Gasteiger charge is -2.04. The Morgan fingerprint density at radius 3 is 2.59 bits per heavy atom. The Balaban J connectivity index is 2.29. The Morgan fingerprint density at radius 1 is 1.12 bits per heavy atom. The Hall–Kier alpha value is -1.96. The SMILES string of the molecule is CC=Cc1ccc(F)c(Cc2ccccc2)n1. The Labute approximate surface area is 101 Å². The minimum Gasteiger partial charge on any atom is -0.250 e. The van der Waals surface area contributed by atoms with Crippen LogP contribution < -0.4 is 0 Å². The lowest BCUT2D eigenvalue weighted by molar-refractivity contribution is 0.603. The molecule has 2 aromatic rings. The molecule has 0 aliphatic rings. The van der Waals surface area contributed by atoms with E-state index in [0.29, 0.717) is 12.1 Å². The number of aromatic nitrogens is 1. The average molecular weight is 227 g/mol. The first kappa shape index (κ1) is 11.5. The standard InChI is InChI=1S/C15H14FN/c1-2-6-13-9-10-14(16)15(17-13)11-12-7-4-3-5-8-12/h2-10H,11H2,1H3. The topological polar surface area (TPSA) is 12.9 Å². The average Bonchev–Trinajstić information content (AvgIpc) is 2.35. The Morgan fingerprint density at radius 2 is 1.88 bits per heavy atom. The summed E-state index contributed by atoms with van der Waals surface area (Å²) in [5.74, 6) is -0.248. The lowest BCUT2D eigenvalue weighted by Crippen LogP contribution is -1.98. The predicted molar refractivity (Wildman–Crippen MR) is 68.2 cm³/mol. The number of hydrogen-bond acceptors (Lipinski definition) is 1. The molecule has 0 N–H and O–H groups in total. The van der Waals surface area contributed by atoms with E-state index in [1.807, 2.05) is 49.4 Å². The number of hydrogen-bond donors (Lipinski definition) is 0. The highest BCUT2D eigenvalue weighted by Gasteiger charge is 2.05. The summed E-state index contributed by atoms with van der Waals surface area (Å²) < 4.78 is 13.6. The zero-order valence-corrected chi connectivity index (χ0v) is 9.73. The summed E-state index contributed by atoms with van der Waals surface area (Å²) >= 11 is 0. The van der Waals surface area contributed by atoms with Crippen molar-refractivity contribution in [1.29, 1.82) is 0 Å². The fourth-order valence-electron chi connectivity index (χ4n) is 1.68. The van der Waals surface area contributed by atoms with Crippen LogP contribution in [0.3, 0.4) is 0 Å². The lowest BCUT2D eigenvalue weighted by atomic mass is 10.1. The molecule has 2 rings (SSSR count). The van der Waals surface area contributed by atoms with E-state index in [4.69, 9.17) is 0 Å². The highest BCUT2D eigenvalue weighted by Crippen LogP contribution is 2.12. The van der Waals surface area contributed by atoms with Crippen molar-refractivity contribution in [2.75, 3.05) is 0 Å². The molecule has 1 aromatic carbocycles. The Kier molecular flexibility index (Phi) is 3.66. The van der Waals surface area contributed by atoms with E-state index in [9.17, 15) is 4.39 Å². The van der Waals surface area contributed by atoms with Crippen LogP contribution in [0.1, 0.15) is 23.9 Å². The summed E-state index contributed by atoms with van der Waals surface area (Å²) in [7, 11) is 0. The molecule has 0 aliphatic carbocycles. The van der Waals surface area contributed by atoms with Crippen LogP contribution in [-0.4, -0.2) is 4.98 Å². The minimum atomic E-state index is -0.248. The molecular formula is C15H14FN. The van der Waals surface area contributed by atoms with Gasteiger partial charge in [0.1, 0.15) is 5.82 Å². The van der Waals surface area contributed by atoms with Gasteiger partial charge in [0.05, 0.1) is 11.4 Å². The number of benzene rings is 1. The smallest absolute Gasteiger partial charge is 0.145 e. The van der Waals surface area contributed by atoms with E-state index >= 15 is 0 Å². The van der Waals surface area contributed by atoms with Gasteiger partial charge in [0, 0.05) is 6.42 Å². The zero-order valence-electron chi connectivity index (χ0n) is 9.73. The molecule has 0 bridgehead atoms. The molecule has 0 atom stereocenters. The molecule has 1 nitrogen and oxygen atoms in total. The molecule has 0 spiro atoms. The van der Waals surface area contributed by atoms with Crippen molar-refractivity contribution in [2.45, 2.75) is 13.3 Å². The summed E-state index contributed by atoms with van der Waals surface area (Å²) in [6.45, 7) is 1.92. The molecule has 1 aromatic heterocycles. The predicted octanol–water partition coefficient (Wildman–Crippen LogP) is 3.84. The van der Waals surface area contributed by atoms with Crippen molar-refractivity contribution in [1.82, 2.24) is 4.98 Å². The third-order valence-electron chi connectivity index (χ3n) is 2.49. The molecule has 17 heavy (non-hydrogen) atoms. The first-order valence-corrected chi connectivity index (χ1v) is 5.61. The summed E-state index contributed by atoms with van der Waals surface area (Å²) in [4.78, 5) is 4.30. The van der Waals surface area contributed by atoms with E-state index in [2.05, 4.69) is 4.98 Å². The molecule has 0 unspecified atom stereocenters. The van der Waals surface area contributed by atoms with E-state index < -0.39 is 0 Å². The van der Waals surface area contributed by atoms with Crippen molar-refractivity contribution in [3.63, 3.8) is 0 Å². The first-order valence-electron chi connectivity index (χ1n) is 5.61. The second-order valence-corrected chi connectivity index (χ2v) is 3.83. The van der Waals surface area contributed by atoms with Gasteiger partial charge in [0.2, 0.25) is 0 Å². The highest BCUT2D eigenvalue weighted by molar-refractivity contribution is 5.44. The molecule has 0 aliphatic heterocycles. The van der Waals surface area contributed by atoms with Crippen LogP contribution >= 0.6 is 0 Å². The van der Waals surface area contributed by atoms with Crippen LogP contribution in [0.2, 0.25) is 0 Å². The van der Waals surface area contributed by atoms with E-state index in [1.54, 1.807) is 6.07 Å². The maximum absolute atomic E-state index is 13.6. The number of nitrogens with zero attached hydrogens (tertiary/aromatic N) is 1. The zero-order chi connectivity index (χ0) is 12.1. The van der Waals surface area contributed by atoms with Gasteiger partial charge in [-0.3, -0.25) is 4.98 Å². The van der Waals surface area contributed by atoms with Gasteiger partial charge in [-0.1, -0.05) is 36.4 Å². The van der Waals surface area contributed by atoms with Gasteiger partial charge in [0.15, 0.2) is 0 Å². The molecule has 0 radical (unpaired) electrons. The second-order valence-electron chi connectivity index (χ2n) is 3.83. The van der Waals surface area contributed by atoms with Gasteiger partial charge >= 0.3 is 0 Å². The fourth-order valence-corrected chi connectivity index (χ4v) is 1.68. The Bertz CT molecular complexity index is 518. The molecular weight excluding hydrogens is 213 g/mol. The van der Waals surface area contributed by atoms with E-state index in [0.717, 1.165) is 11.3 Å². The number of pyridine rings is 1. The van der Waals surface area contributed by atoms with Crippen LogP contribution in [0.5, 0.6) is 0 Å². The van der Waals surface area contributed by atoms with E-state index in [1.165, 1.54) is 6.07 Å². The monoisotopic (exact) mass is 227 g/mol. The molecule has 2 heteroatoms. The van der Waals surface area contributed by atoms with Crippen molar-refractivity contribution in [3.8, 4) is 0 Å². The summed E-state index contributed by atoms with van der Waals surface area (Å²) in [5.41, 5.74) is 2.35. The van der Waals surface area contributed by atoms with Gasteiger partial charge in [-0.15, -0.1) is 0 Å². The molecule has 0 saturated carbocycles. The van der Waals surface area contributed by atoms with Gasteiger partial charge in [-0.25, -0.2) is 4.39 Å². The molecule has 0 saturated heterocycles. The normalized spacial score (nSPS) is 10.9. The number of halogens is 1.